The van der Waals surface area contributed by atoms with Gasteiger partial charge in [0.15, 0.2) is 0 Å². The summed E-state index contributed by atoms with van der Waals surface area (Å²) < 4.78 is 31.9. The minimum atomic E-state index is -5.25. The summed E-state index contributed by atoms with van der Waals surface area (Å²) in [6.07, 6.45) is 0. The number of hydrogen-bond acceptors (Lipinski definition) is 2. The van der Waals surface area contributed by atoms with Crippen LogP contribution in [0.5, 0.6) is 0 Å². The first-order valence-corrected chi connectivity index (χ1v) is 3.63. The molecule has 6 heteroatoms. The molecule has 0 unspecified atom stereocenters. The second-order valence-electron chi connectivity index (χ2n) is 0.448. The first kappa shape index (κ1) is 9.51. The third kappa shape index (κ3) is 998. The van der Waals surface area contributed by atoms with Crippen molar-refractivity contribution in [2.45, 2.75) is 0 Å². The second kappa shape index (κ2) is 2.39. The molecule has 0 radical (unpaired) electrons. The number of rotatable bonds is 0. The molecule has 0 amide bonds. The van der Waals surface area contributed by atoms with Gasteiger partial charge in [0.05, 0.1) is 0 Å². The summed E-state index contributed by atoms with van der Waals surface area (Å²) in [4.78, 5) is 0. The predicted octanol–water partition coefficient (Wildman–Crippen LogP) is -2.65. The molecule has 2 N–H and O–H groups in total. The molecule has 0 aromatic carbocycles. The molecule has 0 fully saturated rings. The van der Waals surface area contributed by atoms with Crippen LogP contribution in [0.3, 0.4) is 0 Å². The van der Waals surface area contributed by atoms with E-state index >= 15 is 0 Å². The van der Waals surface area contributed by atoms with E-state index in [0.717, 1.165) is 0 Å². The third-order valence-electron chi connectivity index (χ3n) is 0. The van der Waals surface area contributed by atoms with E-state index in [2.05, 4.69) is 0 Å². The maximum absolute atomic E-state index is 8.82. The van der Waals surface area contributed by atoms with Crippen LogP contribution >= 0.6 is 0 Å². The Labute approximate surface area is 40.3 Å². The Morgan fingerprint density at radius 1 is 1.17 bits per heavy atom. The van der Waals surface area contributed by atoms with Crippen molar-refractivity contribution in [3.63, 3.8) is 0 Å². The Balaban J connectivity index is 0. The fourth-order valence-electron chi connectivity index (χ4n) is 0. The molecule has 0 aromatic heterocycles. The second-order valence-corrected chi connectivity index (χ2v) is 2.33. The van der Waals surface area contributed by atoms with Gasteiger partial charge in [-0.3, -0.25) is 0 Å². The van der Waals surface area contributed by atoms with Gasteiger partial charge >= 0.3 is 39.5 Å². The monoisotopic (exact) mass is 157 g/mol. The molecule has 0 spiro atoms. The van der Waals surface area contributed by atoms with E-state index in [1.54, 1.807) is 0 Å². The average Bonchev–Trinajstić information content (AvgIpc) is 0.722. The van der Waals surface area contributed by atoms with Gasteiger partial charge in [0.1, 0.15) is 0 Å². The summed E-state index contributed by atoms with van der Waals surface area (Å²) >= 11 is -5.25. The van der Waals surface area contributed by atoms with Crippen molar-refractivity contribution < 1.29 is 16.0 Å². The van der Waals surface area contributed by atoms with E-state index in [4.69, 9.17) is 16.0 Å². The Kier molecular flexibility index (Phi) is 3.79. The Morgan fingerprint density at radius 2 is 1.17 bits per heavy atom. The van der Waals surface area contributed by atoms with E-state index in [0.29, 0.717) is 0 Å². The molecule has 0 aromatic rings. The molecule has 36 valence electrons. The van der Waals surface area contributed by atoms with Crippen LogP contribution in [0.4, 0.5) is 0 Å². The van der Waals surface area contributed by atoms with Gasteiger partial charge in [-0.05, 0) is 0 Å². The van der Waals surface area contributed by atoms with E-state index in [-0.39, 0.29) is 10.1 Å². The molecular formula is H4BeO4Se. The Morgan fingerprint density at radius 3 is 1.17 bits per heavy atom. The first-order valence-electron chi connectivity index (χ1n) is 0.698. The van der Waals surface area contributed by atoms with Crippen LogP contribution in [0.15, 0.2) is 0 Å². The molecule has 0 aliphatic rings. The van der Waals surface area contributed by atoms with Gasteiger partial charge in [-0.25, -0.2) is 0 Å². The summed E-state index contributed by atoms with van der Waals surface area (Å²) in [6, 6.07) is 0. The van der Waals surface area contributed by atoms with Gasteiger partial charge in [0.2, 0.25) is 0 Å². The molecule has 6 heavy (non-hydrogen) atoms. The topological polar surface area (TPSA) is 74.6 Å². The standard InChI is InChI=1S/Be.H2O4Se.2H/c;1-5(2,3)4;;/h;(H2,1,2,3,4);;. The van der Waals surface area contributed by atoms with Crippen LogP contribution in [0.1, 0.15) is 0 Å². The normalized spacial score (nSPS) is 9.67. The first-order chi connectivity index (χ1) is 2.00. The predicted molar refractivity (Wildman–Crippen MR) is 20.1 cm³/mol. The zero-order chi connectivity index (χ0) is 4.50. The van der Waals surface area contributed by atoms with Crippen LogP contribution in [-0.2, 0) is 7.67 Å². The van der Waals surface area contributed by atoms with Crippen molar-refractivity contribution in [3.05, 3.63) is 0 Å². The summed E-state index contributed by atoms with van der Waals surface area (Å²) in [5.41, 5.74) is 0. The zero-order valence-electron chi connectivity index (χ0n) is 2.12. The van der Waals surface area contributed by atoms with Crippen molar-refractivity contribution in [1.29, 1.82) is 0 Å². The maximum atomic E-state index is 8.82. The molecule has 0 atom stereocenters. The van der Waals surface area contributed by atoms with Gasteiger partial charge in [-0.2, -0.15) is 0 Å². The number of hydrogen-bond donors (Lipinski definition) is 2. The average molecular weight is 156 g/mol. The minimum absolute atomic E-state index is 0. The Hall–Kier alpha value is 0.208. The van der Waals surface area contributed by atoms with E-state index in [1.807, 2.05) is 0 Å². The summed E-state index contributed by atoms with van der Waals surface area (Å²) in [6.45, 7) is 0. The molecule has 0 rings (SSSR count). The third-order valence-corrected chi connectivity index (χ3v) is 0. The van der Waals surface area contributed by atoms with Crippen molar-refractivity contribution in [2.24, 2.45) is 0 Å². The quantitative estimate of drug-likeness (QED) is 0.375. The fourth-order valence-corrected chi connectivity index (χ4v) is 0. The SMILES string of the molecule is O=[Se](=O)(O)O.[BeH2]. The van der Waals surface area contributed by atoms with Crippen LogP contribution in [0, 0.1) is 0 Å². The fraction of sp³-hybridized carbons (Fsp3) is 0. The van der Waals surface area contributed by atoms with Crippen LogP contribution in [0.2, 0.25) is 0 Å². The molecule has 0 saturated heterocycles. The van der Waals surface area contributed by atoms with Gasteiger partial charge in [-0.1, -0.05) is 0 Å². The van der Waals surface area contributed by atoms with E-state index < -0.39 is 13.4 Å². The van der Waals surface area contributed by atoms with Crippen molar-refractivity contribution >= 4 is 23.5 Å². The van der Waals surface area contributed by atoms with Crippen molar-refractivity contribution in [1.82, 2.24) is 0 Å². The molecular weight excluding hydrogens is 152 g/mol. The molecule has 0 heterocycles. The molecule has 0 bridgehead atoms. The molecule has 0 aliphatic heterocycles. The molecule has 0 aliphatic carbocycles. The van der Waals surface area contributed by atoms with Crippen LogP contribution in [-0.4, -0.2) is 31.9 Å². The molecule has 4 nitrogen and oxygen atoms in total. The van der Waals surface area contributed by atoms with Crippen molar-refractivity contribution in [3.8, 4) is 0 Å². The van der Waals surface area contributed by atoms with Gasteiger partial charge < -0.3 is 0 Å². The Bertz CT molecular complexity index is 90.7. The zero-order valence-corrected chi connectivity index (χ0v) is 3.83. The van der Waals surface area contributed by atoms with E-state index in [9.17, 15) is 0 Å². The summed E-state index contributed by atoms with van der Waals surface area (Å²) in [5, 5.41) is 0. The van der Waals surface area contributed by atoms with Gasteiger partial charge in [0, 0.05) is 0 Å². The van der Waals surface area contributed by atoms with Crippen LogP contribution in [0.25, 0.3) is 0 Å². The molecule has 0 saturated carbocycles. The van der Waals surface area contributed by atoms with Gasteiger partial charge in [-0.15, -0.1) is 0 Å². The van der Waals surface area contributed by atoms with Gasteiger partial charge in [0.25, 0.3) is 0 Å². The summed E-state index contributed by atoms with van der Waals surface area (Å²) in [7, 11) is 0. The van der Waals surface area contributed by atoms with Crippen LogP contribution < -0.4 is 0 Å². The van der Waals surface area contributed by atoms with Crippen molar-refractivity contribution in [2.75, 3.05) is 0 Å². The summed E-state index contributed by atoms with van der Waals surface area (Å²) in [5.74, 6) is 0. The van der Waals surface area contributed by atoms with E-state index in [1.165, 1.54) is 0 Å².